The van der Waals surface area contributed by atoms with Gasteiger partial charge in [0, 0.05) is 25.9 Å². The molecule has 0 spiro atoms. The normalized spacial score (nSPS) is 38.3. The number of epoxide rings is 1. The van der Waals surface area contributed by atoms with Crippen molar-refractivity contribution in [3.05, 3.63) is 0 Å². The molecule has 0 aromatic carbocycles. The summed E-state index contributed by atoms with van der Waals surface area (Å²) < 4.78 is 5.22. The second-order valence-corrected chi connectivity index (χ2v) is 10.8. The zero-order chi connectivity index (χ0) is 23.1. The van der Waals surface area contributed by atoms with Gasteiger partial charge in [-0.3, -0.25) is 0 Å². The topological polar surface area (TPSA) is 142 Å². The van der Waals surface area contributed by atoms with Gasteiger partial charge in [0.25, 0.3) is 0 Å². The fraction of sp³-hybridized carbons (Fsp3) is 1.00. The Balaban J connectivity index is 2.42. The minimum Gasteiger partial charge on any atom is -0.371 e. The maximum atomic E-state index is 6.80. The van der Waals surface area contributed by atoms with Crippen molar-refractivity contribution in [1.82, 2.24) is 11.1 Å². The molecule has 2 heterocycles. The highest BCUT2D eigenvalue weighted by Gasteiger charge is 2.64. The molecule has 8 N–H and O–H groups in total. The fourth-order valence-corrected chi connectivity index (χ4v) is 3.54. The van der Waals surface area contributed by atoms with Crippen LogP contribution in [0.2, 0.25) is 0 Å². The van der Waals surface area contributed by atoms with E-state index in [4.69, 9.17) is 36.8 Å². The number of hydroxylamine groups is 2. The van der Waals surface area contributed by atoms with Crippen molar-refractivity contribution in [1.29, 1.82) is 0 Å². The van der Waals surface area contributed by atoms with Gasteiger partial charge in [0.1, 0.15) is 18.3 Å². The average Bonchev–Trinajstić information content (AvgIpc) is 3.41. The molecule has 2 aliphatic rings. The van der Waals surface area contributed by atoms with Crippen LogP contribution in [0.1, 0.15) is 81.1 Å². The van der Waals surface area contributed by atoms with Crippen LogP contribution in [-0.4, -0.2) is 51.3 Å². The molecule has 0 amide bonds. The van der Waals surface area contributed by atoms with Crippen LogP contribution in [0.15, 0.2) is 0 Å². The number of nitrogens with two attached hydrogens (primary N) is 3. The van der Waals surface area contributed by atoms with Crippen LogP contribution in [0, 0.1) is 0 Å². The summed E-state index contributed by atoms with van der Waals surface area (Å²) in [7, 11) is 0. The van der Waals surface area contributed by atoms with E-state index in [0.717, 1.165) is 25.7 Å². The lowest BCUT2D eigenvalue weighted by Crippen LogP contribution is -2.84. The summed E-state index contributed by atoms with van der Waals surface area (Å²) >= 11 is 0. The maximum Gasteiger partial charge on any atom is 0.198 e. The fourth-order valence-electron chi connectivity index (χ4n) is 3.54. The van der Waals surface area contributed by atoms with Gasteiger partial charge in [-0.15, -0.1) is 16.5 Å². The van der Waals surface area contributed by atoms with E-state index >= 15 is 0 Å². The van der Waals surface area contributed by atoms with Crippen molar-refractivity contribution >= 4 is 0 Å². The highest BCUT2D eigenvalue weighted by Crippen LogP contribution is 2.40. The molecule has 3 atom stereocenters. The van der Waals surface area contributed by atoms with Crippen LogP contribution in [0.25, 0.3) is 0 Å². The van der Waals surface area contributed by atoms with Crippen LogP contribution >= 0.6 is 0 Å². The van der Waals surface area contributed by atoms with E-state index in [1.807, 2.05) is 41.5 Å². The second-order valence-electron chi connectivity index (χ2n) is 10.8. The number of rotatable bonds is 5. The van der Waals surface area contributed by atoms with Crippen LogP contribution < -0.4 is 28.7 Å². The van der Waals surface area contributed by atoms with Crippen molar-refractivity contribution < 1.29 is 29.0 Å². The third-order valence-electron chi connectivity index (χ3n) is 6.85. The molecule has 0 radical (unpaired) electrons. The average molecular weight is 436 g/mol. The van der Waals surface area contributed by atoms with E-state index < -0.39 is 32.0 Å². The monoisotopic (exact) mass is 435 g/mol. The number of nitrogens with one attached hydrogen (secondary N) is 2. The second kappa shape index (κ2) is 8.49. The van der Waals surface area contributed by atoms with Gasteiger partial charge < -0.3 is 4.74 Å². The van der Waals surface area contributed by atoms with Crippen LogP contribution in [0.3, 0.4) is 0 Å². The summed E-state index contributed by atoms with van der Waals surface area (Å²) in [6.07, 6.45) is 3.58. The van der Waals surface area contributed by atoms with E-state index in [1.54, 1.807) is 0 Å². The molecule has 11 heteroatoms. The highest BCUT2D eigenvalue weighted by atomic mass is 16.9. The molecule has 11 nitrogen and oxygen atoms in total. The van der Waals surface area contributed by atoms with Gasteiger partial charge in [0.2, 0.25) is 0 Å². The lowest BCUT2D eigenvalue weighted by molar-refractivity contribution is -1.23. The molecule has 2 saturated heterocycles. The van der Waals surface area contributed by atoms with E-state index in [0.29, 0.717) is 13.2 Å². The number of nitrogens with zero attached hydrogens (tertiary/aromatic N) is 2. The van der Waals surface area contributed by atoms with E-state index in [9.17, 15) is 0 Å². The molecule has 2 fully saturated rings. The summed E-state index contributed by atoms with van der Waals surface area (Å²) in [5.74, 6) is 19.4. The molecule has 0 saturated carbocycles. The highest BCUT2D eigenvalue weighted by molar-refractivity contribution is 4.88. The molecular weight excluding hydrogens is 390 g/mol. The third-order valence-corrected chi connectivity index (χ3v) is 6.85. The lowest BCUT2D eigenvalue weighted by atomic mass is 9.85. The first-order valence-electron chi connectivity index (χ1n) is 10.8. The first kappa shape index (κ1) is 25.8. The van der Waals surface area contributed by atoms with Gasteiger partial charge in [0.15, 0.2) is 16.7 Å². The SMILES string of the molecule is CC1(C)CCCCC(C)(C)[N+](N)(NOCC2CO2)OC(C)(C)C(C)(C)[N+](N)(NN)O1. The van der Waals surface area contributed by atoms with Crippen LogP contribution in [0.5, 0.6) is 0 Å². The van der Waals surface area contributed by atoms with Gasteiger partial charge >= 0.3 is 0 Å². The van der Waals surface area contributed by atoms with Crippen molar-refractivity contribution in [2.24, 2.45) is 17.5 Å². The molecule has 0 bridgehead atoms. The number of hydrogen-bond donors (Lipinski definition) is 5. The standard InChI is InChI=1S/C19H45N7O4/c1-16(2)11-9-10-12-17(3,4)29-26(22,23-20)18(5,6)19(7,8)30-25(16,21)24-28-14-15-13-27-15/h15,23-24H,9-14,20-22H2,1-8H3/q+2. The van der Waals surface area contributed by atoms with Gasteiger partial charge in [-0.05, 0) is 69.6 Å². The molecule has 0 aromatic heterocycles. The first-order chi connectivity index (χ1) is 13.5. The molecule has 2 aliphatic heterocycles. The van der Waals surface area contributed by atoms with Crippen LogP contribution in [0.4, 0.5) is 0 Å². The van der Waals surface area contributed by atoms with Crippen molar-refractivity contribution in [2.45, 2.75) is 109 Å². The number of hydrogen-bond acceptors (Lipinski definition) is 9. The molecular formula is C19H45N7O4+2. The number of ether oxygens (including phenoxy) is 1. The van der Waals surface area contributed by atoms with E-state index in [2.05, 4.69) is 25.0 Å². The Kier molecular flexibility index (Phi) is 7.30. The third kappa shape index (κ3) is 5.30. The predicted molar refractivity (Wildman–Crippen MR) is 112 cm³/mol. The Hall–Kier alpha value is -0.440. The van der Waals surface area contributed by atoms with Crippen molar-refractivity contribution in [3.63, 3.8) is 0 Å². The van der Waals surface area contributed by atoms with Gasteiger partial charge in [0.05, 0.1) is 6.61 Å². The summed E-state index contributed by atoms with van der Waals surface area (Å²) in [5, 5.41) is 0. The summed E-state index contributed by atoms with van der Waals surface area (Å²) in [4.78, 5) is 17.5. The molecule has 30 heavy (non-hydrogen) atoms. The lowest BCUT2D eigenvalue weighted by Gasteiger charge is -2.52. The Morgan fingerprint density at radius 3 is 2.03 bits per heavy atom. The number of hydrazine groups is 1. The quantitative estimate of drug-likeness (QED) is 0.186. The summed E-state index contributed by atoms with van der Waals surface area (Å²) in [6.45, 7) is 16.9. The summed E-state index contributed by atoms with van der Waals surface area (Å²) in [6, 6.07) is 0. The van der Waals surface area contributed by atoms with E-state index in [-0.39, 0.29) is 6.10 Å². The molecule has 3 unspecified atom stereocenters. The number of quaternary nitrogens is 2. The predicted octanol–water partition coefficient (Wildman–Crippen LogP) is 1.13. The Bertz CT molecular complexity index is 597. The van der Waals surface area contributed by atoms with Gasteiger partial charge in [-0.1, -0.05) is 6.42 Å². The largest absolute Gasteiger partial charge is 0.371 e. The zero-order valence-electron chi connectivity index (χ0n) is 20.1. The first-order valence-corrected chi connectivity index (χ1v) is 10.8. The molecule has 0 aromatic rings. The Labute approximate surface area is 181 Å². The molecule has 0 aliphatic carbocycles. The van der Waals surface area contributed by atoms with Crippen molar-refractivity contribution in [3.8, 4) is 0 Å². The minimum absolute atomic E-state index is 0.0922. The zero-order valence-corrected chi connectivity index (χ0v) is 20.1. The molecule has 2 rings (SSSR count). The Morgan fingerprint density at radius 2 is 1.50 bits per heavy atom. The maximum absolute atomic E-state index is 6.80. The van der Waals surface area contributed by atoms with E-state index in [1.165, 1.54) is 0 Å². The summed E-state index contributed by atoms with van der Waals surface area (Å²) in [5.41, 5.74) is 2.77. The van der Waals surface area contributed by atoms with Crippen LogP contribution in [-0.2, 0) is 19.2 Å². The Morgan fingerprint density at radius 1 is 0.933 bits per heavy atom. The minimum atomic E-state index is -0.929. The van der Waals surface area contributed by atoms with Crippen molar-refractivity contribution in [2.75, 3.05) is 13.2 Å². The van der Waals surface area contributed by atoms with Gasteiger partial charge in [-0.2, -0.15) is 4.84 Å². The van der Waals surface area contributed by atoms with Gasteiger partial charge in [-0.25, -0.2) is 10.7 Å². The molecule has 178 valence electrons. The smallest absolute Gasteiger partial charge is 0.198 e.